The second-order valence-electron chi connectivity index (χ2n) is 12.6. The fraction of sp³-hybridized carbons (Fsp3) is 0.515. The Balaban J connectivity index is 1.76. The molecule has 2 aromatic rings. The highest BCUT2D eigenvalue weighted by atomic mass is 16.5. The number of hydrogen-bond donors (Lipinski definition) is 5. The maximum Gasteiger partial charge on any atom is 0.274 e. The van der Waals surface area contributed by atoms with Crippen LogP contribution in [-0.4, -0.2) is 70.8 Å². The van der Waals surface area contributed by atoms with Crippen molar-refractivity contribution < 1.29 is 33.5 Å². The molecule has 0 radical (unpaired) electrons. The first-order valence-electron chi connectivity index (χ1n) is 15.4. The molecular weight excluding hydrogens is 592 g/mol. The number of nitrogens with zero attached hydrogens (tertiary/aromatic N) is 2. The molecule has 4 amide bonds. The third-order valence-corrected chi connectivity index (χ3v) is 7.27. The molecule has 0 bridgehead atoms. The maximum absolute atomic E-state index is 13.4. The van der Waals surface area contributed by atoms with E-state index in [2.05, 4.69) is 26.4 Å². The number of carbonyl (C=O) groups is 4. The molecule has 0 unspecified atom stereocenters. The number of nitriles is 1. The summed E-state index contributed by atoms with van der Waals surface area (Å²) in [5.41, 5.74) is -0.170. The highest BCUT2D eigenvalue weighted by molar-refractivity contribution is 6.02. The molecule has 13 heteroatoms. The first-order chi connectivity index (χ1) is 21.8. The third kappa shape index (κ3) is 11.3. The fourth-order valence-corrected chi connectivity index (χ4v) is 4.89. The van der Waals surface area contributed by atoms with Crippen LogP contribution in [0.1, 0.15) is 81.6 Å². The van der Waals surface area contributed by atoms with Gasteiger partial charge in [0.15, 0.2) is 5.69 Å². The number of rotatable bonds is 13. The van der Waals surface area contributed by atoms with Gasteiger partial charge in [-0.3, -0.25) is 19.2 Å². The summed E-state index contributed by atoms with van der Waals surface area (Å²) in [5, 5.41) is 34.2. The lowest BCUT2D eigenvalue weighted by molar-refractivity contribution is -0.132. The quantitative estimate of drug-likeness (QED) is 0.162. The lowest BCUT2D eigenvalue weighted by atomic mass is 9.89. The van der Waals surface area contributed by atoms with E-state index in [0.29, 0.717) is 29.5 Å². The topological polar surface area (TPSA) is 196 Å². The van der Waals surface area contributed by atoms with Crippen LogP contribution in [-0.2, 0) is 14.4 Å². The smallest absolute Gasteiger partial charge is 0.274 e. The van der Waals surface area contributed by atoms with Crippen molar-refractivity contribution in [3.05, 3.63) is 52.9 Å². The summed E-state index contributed by atoms with van der Waals surface area (Å²) in [7, 11) is 0. The van der Waals surface area contributed by atoms with Gasteiger partial charge in [0.1, 0.15) is 41.8 Å². The van der Waals surface area contributed by atoms with E-state index < -0.39 is 47.4 Å². The number of hydrogen-bond acceptors (Lipinski definition) is 9. The van der Waals surface area contributed by atoms with Gasteiger partial charge >= 0.3 is 0 Å². The molecule has 1 fully saturated rings. The molecule has 1 aliphatic carbocycles. The van der Waals surface area contributed by atoms with Crippen molar-refractivity contribution in [2.45, 2.75) is 90.4 Å². The molecule has 248 valence electrons. The van der Waals surface area contributed by atoms with Gasteiger partial charge in [0.05, 0.1) is 6.10 Å². The summed E-state index contributed by atoms with van der Waals surface area (Å²) in [6.07, 6.45) is 5.49. The third-order valence-electron chi connectivity index (χ3n) is 7.27. The minimum absolute atomic E-state index is 0.0644. The number of ether oxygens (including phenoxy) is 1. The van der Waals surface area contributed by atoms with Crippen molar-refractivity contribution >= 4 is 29.7 Å². The number of amides is 4. The monoisotopic (exact) mass is 636 g/mol. The van der Waals surface area contributed by atoms with Crippen LogP contribution in [0.2, 0.25) is 0 Å². The number of aliphatic hydroxyl groups is 1. The molecular formula is C33H44N6O7. The zero-order chi connectivity index (χ0) is 33.9. The van der Waals surface area contributed by atoms with E-state index in [1.165, 1.54) is 25.5 Å². The molecule has 1 aromatic carbocycles. The van der Waals surface area contributed by atoms with E-state index in [1.54, 1.807) is 31.2 Å². The minimum atomic E-state index is -1.41. The molecule has 3 rings (SSSR count). The zero-order valence-corrected chi connectivity index (χ0v) is 27.0. The molecule has 1 saturated carbocycles. The Hall–Kier alpha value is -4.70. The van der Waals surface area contributed by atoms with Crippen molar-refractivity contribution in [1.29, 1.82) is 5.26 Å². The van der Waals surface area contributed by atoms with Crippen molar-refractivity contribution in [3.8, 4) is 11.8 Å². The van der Waals surface area contributed by atoms with E-state index in [9.17, 15) is 29.5 Å². The number of carbonyl (C=O) groups excluding carboxylic acids is 4. The predicted molar refractivity (Wildman–Crippen MR) is 169 cm³/mol. The van der Waals surface area contributed by atoms with Gasteiger partial charge in [-0.15, -0.1) is 0 Å². The molecule has 3 atom stereocenters. The Labute approximate surface area is 269 Å². The Morgan fingerprint density at radius 1 is 1.13 bits per heavy atom. The summed E-state index contributed by atoms with van der Waals surface area (Å²) >= 11 is 0. The maximum atomic E-state index is 13.4. The Morgan fingerprint density at radius 2 is 1.85 bits per heavy atom. The number of aromatic nitrogens is 1. The van der Waals surface area contributed by atoms with Gasteiger partial charge in [-0.25, -0.2) is 0 Å². The molecule has 13 nitrogen and oxygen atoms in total. The lowest BCUT2D eigenvalue weighted by Crippen LogP contribution is -2.58. The van der Waals surface area contributed by atoms with E-state index in [0.717, 1.165) is 25.7 Å². The number of aliphatic hydroxyl groups excluding tert-OH is 1. The summed E-state index contributed by atoms with van der Waals surface area (Å²) < 4.78 is 10.8. The summed E-state index contributed by atoms with van der Waals surface area (Å²) in [6.45, 7) is 8.54. The Kier molecular flexibility index (Phi) is 12.9. The Morgan fingerprint density at radius 3 is 2.46 bits per heavy atom. The first-order valence-corrected chi connectivity index (χ1v) is 15.4. The number of nitrogens with one attached hydrogen (secondary N) is 4. The van der Waals surface area contributed by atoms with Crippen LogP contribution in [0.3, 0.4) is 0 Å². The van der Waals surface area contributed by atoms with Gasteiger partial charge in [0.2, 0.25) is 11.8 Å². The van der Waals surface area contributed by atoms with Crippen LogP contribution < -0.4 is 26.0 Å². The fourth-order valence-electron chi connectivity index (χ4n) is 4.89. The van der Waals surface area contributed by atoms with Crippen LogP contribution in [0.15, 0.2) is 40.4 Å². The van der Waals surface area contributed by atoms with E-state index in [1.807, 2.05) is 26.8 Å². The number of benzene rings is 1. The van der Waals surface area contributed by atoms with Crippen LogP contribution in [0.25, 0.3) is 6.08 Å². The van der Waals surface area contributed by atoms with Gasteiger partial charge in [-0.1, -0.05) is 36.6 Å². The van der Waals surface area contributed by atoms with E-state index in [4.69, 9.17) is 9.26 Å². The molecule has 5 N–H and O–H groups in total. The number of aryl methyl sites for hydroxylation is 1. The Bertz CT molecular complexity index is 1450. The predicted octanol–water partition coefficient (Wildman–Crippen LogP) is 2.54. The second-order valence-corrected chi connectivity index (χ2v) is 12.6. The highest BCUT2D eigenvalue weighted by Gasteiger charge is 2.31. The summed E-state index contributed by atoms with van der Waals surface area (Å²) in [6, 6.07) is 7.30. The average molecular weight is 637 g/mol. The van der Waals surface area contributed by atoms with Crippen molar-refractivity contribution in [3.63, 3.8) is 0 Å². The van der Waals surface area contributed by atoms with E-state index >= 15 is 0 Å². The lowest BCUT2D eigenvalue weighted by Gasteiger charge is -2.26. The van der Waals surface area contributed by atoms with Gasteiger partial charge in [0, 0.05) is 18.2 Å². The van der Waals surface area contributed by atoms with Gasteiger partial charge in [-0.05, 0) is 77.2 Å². The molecule has 0 aliphatic heterocycles. The SMILES string of the molecule is Cc1cc(C(=O)N[C@H](C(=O)N[C@@H](COc2cccc(/C=C(\C#N)C(=O)NC(C)(C)C)c2)C(=O)NCC2CCCCC2)[C@@H](C)O)no1. The van der Waals surface area contributed by atoms with Crippen molar-refractivity contribution in [2.75, 3.05) is 13.2 Å². The molecule has 1 aliphatic rings. The molecule has 0 saturated heterocycles. The van der Waals surface area contributed by atoms with Crippen LogP contribution >= 0.6 is 0 Å². The summed E-state index contributed by atoms with van der Waals surface area (Å²) in [5.74, 6) is -1.48. The zero-order valence-electron chi connectivity index (χ0n) is 27.0. The highest BCUT2D eigenvalue weighted by Crippen LogP contribution is 2.23. The largest absolute Gasteiger partial charge is 0.491 e. The van der Waals surface area contributed by atoms with Crippen LogP contribution in [0, 0.1) is 24.2 Å². The average Bonchev–Trinajstić information content (AvgIpc) is 3.45. The molecule has 1 heterocycles. The standard InChI is InChI=1S/C33H44N6O7/c1-20-14-26(39-46-20)31(43)37-28(21(2)40)32(44)36-27(30(42)35-18-22-10-7-6-8-11-22)19-45-25-13-9-12-23(16-25)15-24(17-34)29(41)38-33(3,4)5/h9,12-16,21-22,27-28,40H,6-8,10-11,18-19H2,1-5H3,(H,35,42)(H,36,44)(H,37,43)(H,38,41)/b24-15+/t21-,27+,28+/m1/s1. The van der Waals surface area contributed by atoms with Crippen LogP contribution in [0.4, 0.5) is 0 Å². The van der Waals surface area contributed by atoms with Gasteiger partial charge in [0.25, 0.3) is 11.8 Å². The van der Waals surface area contributed by atoms with Crippen LogP contribution in [0.5, 0.6) is 5.75 Å². The summed E-state index contributed by atoms with van der Waals surface area (Å²) in [4.78, 5) is 51.8. The van der Waals surface area contributed by atoms with Gasteiger partial charge in [-0.2, -0.15) is 5.26 Å². The van der Waals surface area contributed by atoms with Gasteiger partial charge < -0.3 is 35.6 Å². The van der Waals surface area contributed by atoms with Crippen molar-refractivity contribution in [1.82, 2.24) is 26.4 Å². The molecule has 0 spiro atoms. The molecule has 46 heavy (non-hydrogen) atoms. The van der Waals surface area contributed by atoms with Crippen molar-refractivity contribution in [2.24, 2.45) is 5.92 Å². The second kappa shape index (κ2) is 16.6. The minimum Gasteiger partial charge on any atom is -0.491 e. The van der Waals surface area contributed by atoms with E-state index in [-0.39, 0.29) is 17.9 Å². The first kappa shape index (κ1) is 35.8. The normalized spacial score (nSPS) is 15.9. The molecule has 1 aromatic heterocycles.